The first-order valence-electron chi connectivity index (χ1n) is 8.19. The molecule has 146 valence electrons. The van der Waals surface area contributed by atoms with E-state index in [0.717, 1.165) is 9.31 Å². The fourth-order valence-corrected chi connectivity index (χ4v) is 4.60. The van der Waals surface area contributed by atoms with Gasteiger partial charge in [-0.1, -0.05) is 0 Å². The number of halogens is 1. The molecular formula is C19H17FN2O4S2. The lowest BCUT2D eigenvalue weighted by Crippen LogP contribution is -2.30. The van der Waals surface area contributed by atoms with Gasteiger partial charge in [-0.2, -0.15) is 0 Å². The normalized spacial score (nSPS) is 11.2. The van der Waals surface area contributed by atoms with Gasteiger partial charge in [0.1, 0.15) is 5.82 Å². The number of thiazole rings is 1. The average molecular weight is 420 g/mol. The Labute approximate surface area is 166 Å². The molecule has 0 aliphatic heterocycles. The first kappa shape index (κ1) is 20.0. The van der Waals surface area contributed by atoms with E-state index in [1.165, 1.54) is 67.0 Å². The van der Waals surface area contributed by atoms with E-state index in [-0.39, 0.29) is 17.0 Å². The molecule has 0 radical (unpaired) electrons. The second kappa shape index (κ2) is 8.07. The highest BCUT2D eigenvalue weighted by Gasteiger charge is 2.26. The third-order valence-electron chi connectivity index (χ3n) is 3.95. The summed E-state index contributed by atoms with van der Waals surface area (Å²) < 4.78 is 45.7. The first-order valence-corrected chi connectivity index (χ1v) is 10.5. The molecule has 1 heterocycles. The summed E-state index contributed by atoms with van der Waals surface area (Å²) in [6.07, 6.45) is 0. The van der Waals surface area contributed by atoms with Crippen LogP contribution < -0.4 is 4.31 Å². The van der Waals surface area contributed by atoms with Crippen molar-refractivity contribution in [2.75, 3.05) is 11.4 Å². The lowest BCUT2D eigenvalue weighted by Gasteiger charge is -2.24. The number of ether oxygens (including phenoxy) is 1. The average Bonchev–Trinajstić information content (AvgIpc) is 3.11. The van der Waals surface area contributed by atoms with Gasteiger partial charge in [0.05, 0.1) is 40.5 Å². The molecule has 0 atom stereocenters. The first-order chi connectivity index (χ1) is 13.3. The van der Waals surface area contributed by atoms with Crippen molar-refractivity contribution >= 4 is 33.0 Å². The molecule has 2 aromatic carbocycles. The van der Waals surface area contributed by atoms with Crippen molar-refractivity contribution in [3.05, 3.63) is 76.0 Å². The van der Waals surface area contributed by atoms with Crippen LogP contribution in [0.5, 0.6) is 0 Å². The number of anilines is 1. The molecule has 28 heavy (non-hydrogen) atoms. The number of aromatic nitrogens is 1. The van der Waals surface area contributed by atoms with Crippen molar-refractivity contribution in [1.82, 2.24) is 4.98 Å². The number of rotatable bonds is 6. The molecule has 0 saturated heterocycles. The number of esters is 1. The quantitative estimate of drug-likeness (QED) is 0.568. The molecule has 0 aliphatic carbocycles. The lowest BCUT2D eigenvalue weighted by atomic mass is 10.2. The molecule has 3 aromatic rings. The summed E-state index contributed by atoms with van der Waals surface area (Å²) in [6, 6.07) is 10.6. The summed E-state index contributed by atoms with van der Waals surface area (Å²) in [4.78, 5) is 15.9. The summed E-state index contributed by atoms with van der Waals surface area (Å²) in [5.41, 5.74) is 1.13. The minimum Gasteiger partial charge on any atom is -0.465 e. The maximum absolute atomic E-state index is 13.3. The highest BCUT2D eigenvalue weighted by Crippen LogP contribution is 2.27. The van der Waals surface area contributed by atoms with Crippen molar-refractivity contribution in [3.63, 3.8) is 0 Å². The highest BCUT2D eigenvalue weighted by molar-refractivity contribution is 7.92. The van der Waals surface area contributed by atoms with Gasteiger partial charge in [0.2, 0.25) is 0 Å². The molecule has 0 N–H and O–H groups in total. The van der Waals surface area contributed by atoms with Crippen molar-refractivity contribution in [2.45, 2.75) is 18.4 Å². The minimum atomic E-state index is -3.98. The van der Waals surface area contributed by atoms with Gasteiger partial charge in [-0.25, -0.2) is 22.6 Å². The molecular weight excluding hydrogens is 403 g/mol. The standard InChI is InChI=1S/C19H17FN2O4S2/c1-13-21-16(12-27-13)11-22(17-7-5-15(20)6-8-17)28(24,25)18-9-3-14(4-10-18)19(23)26-2/h3-10,12H,11H2,1-2H3. The smallest absolute Gasteiger partial charge is 0.337 e. The second-order valence-corrected chi connectivity index (χ2v) is 8.79. The Morgan fingerprint density at radius 2 is 1.79 bits per heavy atom. The number of carbonyl (C=O) groups is 1. The molecule has 1 aromatic heterocycles. The van der Waals surface area contributed by atoms with E-state index >= 15 is 0 Å². The van der Waals surface area contributed by atoms with Gasteiger partial charge in [-0.3, -0.25) is 4.31 Å². The van der Waals surface area contributed by atoms with Crippen LogP contribution in [-0.2, 0) is 21.3 Å². The lowest BCUT2D eigenvalue weighted by molar-refractivity contribution is 0.0600. The van der Waals surface area contributed by atoms with Crippen LogP contribution in [0, 0.1) is 12.7 Å². The fourth-order valence-electron chi connectivity index (χ4n) is 2.56. The molecule has 9 heteroatoms. The summed E-state index contributed by atoms with van der Waals surface area (Å²) in [5, 5.41) is 2.59. The van der Waals surface area contributed by atoms with E-state index < -0.39 is 21.8 Å². The third kappa shape index (κ3) is 4.20. The van der Waals surface area contributed by atoms with E-state index in [9.17, 15) is 17.6 Å². The summed E-state index contributed by atoms with van der Waals surface area (Å²) in [5.74, 6) is -1.02. The summed E-state index contributed by atoms with van der Waals surface area (Å²) in [7, 11) is -2.73. The Kier molecular flexibility index (Phi) is 5.76. The molecule has 3 rings (SSSR count). The monoisotopic (exact) mass is 420 g/mol. The zero-order valence-electron chi connectivity index (χ0n) is 15.1. The number of carbonyl (C=O) groups excluding carboxylic acids is 1. The van der Waals surface area contributed by atoms with E-state index in [4.69, 9.17) is 0 Å². The van der Waals surface area contributed by atoms with Gasteiger partial charge < -0.3 is 4.74 Å². The number of aryl methyl sites for hydroxylation is 1. The Morgan fingerprint density at radius 1 is 1.14 bits per heavy atom. The molecule has 0 spiro atoms. The molecule has 6 nitrogen and oxygen atoms in total. The maximum atomic E-state index is 13.3. The fraction of sp³-hybridized carbons (Fsp3) is 0.158. The van der Waals surface area contributed by atoms with Crippen LogP contribution in [0.25, 0.3) is 0 Å². The van der Waals surface area contributed by atoms with Gasteiger partial charge in [-0.05, 0) is 55.5 Å². The SMILES string of the molecule is COC(=O)c1ccc(S(=O)(=O)N(Cc2csc(C)n2)c2ccc(F)cc2)cc1. The van der Waals surface area contributed by atoms with E-state index in [1.807, 2.05) is 6.92 Å². The number of nitrogens with zero attached hydrogens (tertiary/aromatic N) is 2. The van der Waals surface area contributed by atoms with Gasteiger partial charge in [0, 0.05) is 5.38 Å². The molecule has 0 bridgehead atoms. The number of hydrogen-bond donors (Lipinski definition) is 0. The van der Waals surface area contributed by atoms with E-state index in [2.05, 4.69) is 9.72 Å². The van der Waals surface area contributed by atoms with Crippen LogP contribution in [0.1, 0.15) is 21.1 Å². The Balaban J connectivity index is 2.02. The minimum absolute atomic E-state index is 0.00292. The number of benzene rings is 2. The molecule has 0 saturated carbocycles. The molecule has 0 fully saturated rings. The summed E-state index contributed by atoms with van der Waals surface area (Å²) in [6.45, 7) is 1.83. The van der Waals surface area contributed by atoms with Crippen LogP contribution in [-0.4, -0.2) is 26.5 Å². The Hall–Kier alpha value is -2.78. The molecule has 0 amide bonds. The topological polar surface area (TPSA) is 76.6 Å². The molecule has 0 aliphatic rings. The van der Waals surface area contributed by atoms with Crippen molar-refractivity contribution in [3.8, 4) is 0 Å². The van der Waals surface area contributed by atoms with Crippen LogP contribution in [0.4, 0.5) is 10.1 Å². The Bertz CT molecular complexity index is 1080. The van der Waals surface area contributed by atoms with Crippen LogP contribution in [0.3, 0.4) is 0 Å². The highest BCUT2D eigenvalue weighted by atomic mass is 32.2. The second-order valence-electron chi connectivity index (χ2n) is 5.86. The van der Waals surface area contributed by atoms with Gasteiger partial charge in [0.25, 0.3) is 10.0 Å². The van der Waals surface area contributed by atoms with Crippen LogP contribution in [0.2, 0.25) is 0 Å². The largest absolute Gasteiger partial charge is 0.465 e. The maximum Gasteiger partial charge on any atom is 0.337 e. The van der Waals surface area contributed by atoms with Gasteiger partial charge >= 0.3 is 5.97 Å². The van der Waals surface area contributed by atoms with Crippen LogP contribution in [0.15, 0.2) is 58.8 Å². The Morgan fingerprint density at radius 3 is 2.32 bits per heavy atom. The van der Waals surface area contributed by atoms with Gasteiger partial charge in [-0.15, -0.1) is 11.3 Å². The van der Waals surface area contributed by atoms with E-state index in [0.29, 0.717) is 11.4 Å². The van der Waals surface area contributed by atoms with Crippen molar-refractivity contribution < 1.29 is 22.3 Å². The number of hydrogen-bond acceptors (Lipinski definition) is 6. The van der Waals surface area contributed by atoms with Crippen LogP contribution >= 0.6 is 11.3 Å². The van der Waals surface area contributed by atoms with Crippen molar-refractivity contribution in [2.24, 2.45) is 0 Å². The number of methoxy groups -OCH3 is 1. The zero-order valence-corrected chi connectivity index (χ0v) is 16.8. The number of sulfonamides is 1. The van der Waals surface area contributed by atoms with Gasteiger partial charge in [0.15, 0.2) is 0 Å². The third-order valence-corrected chi connectivity index (χ3v) is 6.56. The van der Waals surface area contributed by atoms with E-state index in [1.54, 1.807) is 5.38 Å². The predicted molar refractivity (Wildman–Crippen MR) is 104 cm³/mol. The predicted octanol–water partition coefficient (Wildman–Crippen LogP) is 3.77. The zero-order chi connectivity index (χ0) is 20.3. The molecule has 0 unspecified atom stereocenters. The van der Waals surface area contributed by atoms with Crippen molar-refractivity contribution in [1.29, 1.82) is 0 Å². The summed E-state index contributed by atoms with van der Waals surface area (Å²) >= 11 is 1.41.